The lowest BCUT2D eigenvalue weighted by Gasteiger charge is -2.26. The van der Waals surface area contributed by atoms with E-state index in [0.717, 1.165) is 41.8 Å². The van der Waals surface area contributed by atoms with Gasteiger partial charge in [-0.2, -0.15) is 0 Å². The van der Waals surface area contributed by atoms with Gasteiger partial charge in [0.05, 0.1) is 12.8 Å². The quantitative estimate of drug-likeness (QED) is 0.359. The highest BCUT2D eigenvalue weighted by Gasteiger charge is 2.19. The van der Waals surface area contributed by atoms with Crippen molar-refractivity contribution in [2.45, 2.75) is 24.4 Å². The molecule has 0 radical (unpaired) electrons. The molecule has 6 nitrogen and oxygen atoms in total. The van der Waals surface area contributed by atoms with Crippen molar-refractivity contribution < 1.29 is 4.74 Å². The number of H-pyrrole nitrogens is 1. The number of piperidine rings is 1. The number of thioether (sulfide) groups is 1. The van der Waals surface area contributed by atoms with E-state index in [2.05, 4.69) is 9.88 Å². The molecule has 0 unspecified atom stereocenters. The summed E-state index contributed by atoms with van der Waals surface area (Å²) in [6, 6.07) is 15.5. The number of rotatable bonds is 6. The normalized spacial score (nSPS) is 15.0. The van der Waals surface area contributed by atoms with Gasteiger partial charge in [-0.1, -0.05) is 48.5 Å². The molecule has 31 heavy (non-hydrogen) atoms. The molecule has 0 bridgehead atoms. The summed E-state index contributed by atoms with van der Waals surface area (Å²) in [7, 11) is 1.63. The summed E-state index contributed by atoms with van der Waals surface area (Å²) in [5, 5.41) is 1.67. The largest absolute Gasteiger partial charge is 0.495 e. The molecule has 4 aromatic rings. The average Bonchev–Trinajstić information content (AvgIpc) is 3.19. The third-order valence-electron chi connectivity index (χ3n) is 5.91. The third kappa shape index (κ3) is 3.83. The van der Waals surface area contributed by atoms with Crippen LogP contribution in [0.4, 0.5) is 0 Å². The van der Waals surface area contributed by atoms with Gasteiger partial charge < -0.3 is 14.6 Å². The van der Waals surface area contributed by atoms with Crippen LogP contribution in [0.25, 0.3) is 27.6 Å². The monoisotopic (exact) mass is 434 g/mol. The van der Waals surface area contributed by atoms with Gasteiger partial charge >= 0.3 is 0 Å². The maximum atomic E-state index is 13.7. The van der Waals surface area contributed by atoms with Crippen LogP contribution in [0.5, 0.6) is 5.75 Å². The van der Waals surface area contributed by atoms with Crippen LogP contribution < -0.4 is 10.3 Å². The Balaban J connectivity index is 1.61. The lowest BCUT2D eigenvalue weighted by molar-refractivity contribution is 0.242. The van der Waals surface area contributed by atoms with E-state index in [0.29, 0.717) is 22.1 Å². The molecule has 160 valence electrons. The fourth-order valence-corrected chi connectivity index (χ4v) is 5.31. The van der Waals surface area contributed by atoms with Crippen molar-refractivity contribution in [3.05, 3.63) is 58.9 Å². The minimum atomic E-state index is -0.105. The molecule has 0 atom stereocenters. The highest BCUT2D eigenvalue weighted by molar-refractivity contribution is 7.99. The lowest BCUT2D eigenvalue weighted by atomic mass is 10.1. The van der Waals surface area contributed by atoms with E-state index in [1.165, 1.54) is 19.3 Å². The number of likely N-dealkylation sites (tertiary alicyclic amines) is 1. The molecule has 1 fully saturated rings. The van der Waals surface area contributed by atoms with Crippen LogP contribution in [-0.4, -0.2) is 51.9 Å². The van der Waals surface area contributed by atoms with Crippen LogP contribution in [0.15, 0.2) is 58.5 Å². The number of hydrogen-bond acceptors (Lipinski definition) is 5. The zero-order chi connectivity index (χ0) is 21.2. The van der Waals surface area contributed by atoms with Gasteiger partial charge in [0, 0.05) is 23.2 Å². The van der Waals surface area contributed by atoms with E-state index >= 15 is 0 Å². The summed E-state index contributed by atoms with van der Waals surface area (Å²) in [6.45, 7) is 3.32. The number of nitrogens with zero attached hydrogens (tertiary/aromatic N) is 3. The summed E-state index contributed by atoms with van der Waals surface area (Å²) < 4.78 is 7.26. The van der Waals surface area contributed by atoms with E-state index in [1.54, 1.807) is 23.4 Å². The molecule has 0 aliphatic carbocycles. The summed E-state index contributed by atoms with van der Waals surface area (Å²) in [5.41, 5.74) is 2.78. The third-order valence-corrected chi connectivity index (χ3v) is 6.83. The van der Waals surface area contributed by atoms with Gasteiger partial charge in [0.1, 0.15) is 16.8 Å². The van der Waals surface area contributed by atoms with Crippen molar-refractivity contribution in [2.24, 2.45) is 0 Å². The van der Waals surface area contributed by atoms with E-state index < -0.39 is 0 Å². The molecule has 1 aliphatic rings. The first kappa shape index (κ1) is 20.2. The number of ether oxygens (including phenoxy) is 1. The van der Waals surface area contributed by atoms with Crippen molar-refractivity contribution >= 4 is 33.7 Å². The molecule has 2 aromatic heterocycles. The van der Waals surface area contributed by atoms with E-state index in [1.807, 2.05) is 48.5 Å². The van der Waals surface area contributed by atoms with Gasteiger partial charge in [-0.25, -0.2) is 9.55 Å². The molecule has 5 rings (SSSR count). The Kier molecular flexibility index (Phi) is 5.70. The lowest BCUT2D eigenvalue weighted by Crippen LogP contribution is -2.31. The first-order valence-corrected chi connectivity index (χ1v) is 11.8. The topological polar surface area (TPSA) is 63.1 Å². The molecule has 1 saturated heterocycles. The van der Waals surface area contributed by atoms with E-state index in [9.17, 15) is 4.79 Å². The maximum Gasteiger partial charge on any atom is 0.283 e. The molecule has 7 heteroatoms. The molecule has 2 aromatic carbocycles. The number of benzene rings is 2. The molecule has 0 amide bonds. The molecule has 0 saturated carbocycles. The highest BCUT2D eigenvalue weighted by atomic mass is 32.2. The number of fused-ring (bicyclic) bond motifs is 3. The number of methoxy groups -OCH3 is 1. The Hall–Kier alpha value is -2.77. The Morgan fingerprint density at radius 1 is 1.06 bits per heavy atom. The number of para-hydroxylation sites is 3. The number of nitrogens with one attached hydrogen (secondary N) is 1. The van der Waals surface area contributed by atoms with Crippen molar-refractivity contribution in [1.29, 1.82) is 0 Å². The predicted octanol–water partition coefficient (Wildman–Crippen LogP) is 4.45. The van der Waals surface area contributed by atoms with Crippen molar-refractivity contribution in [1.82, 2.24) is 19.4 Å². The van der Waals surface area contributed by atoms with Gasteiger partial charge in [0.2, 0.25) is 0 Å². The maximum absolute atomic E-state index is 13.7. The second kappa shape index (κ2) is 8.77. The molecule has 1 aliphatic heterocycles. The summed E-state index contributed by atoms with van der Waals surface area (Å²) in [6.07, 6.45) is 3.88. The van der Waals surface area contributed by atoms with Gasteiger partial charge in [-0.05, 0) is 44.1 Å². The zero-order valence-electron chi connectivity index (χ0n) is 17.6. The van der Waals surface area contributed by atoms with E-state index in [4.69, 9.17) is 9.72 Å². The van der Waals surface area contributed by atoms with Crippen LogP contribution >= 0.6 is 11.8 Å². The summed E-state index contributed by atoms with van der Waals surface area (Å²) in [4.78, 5) is 24.4. The summed E-state index contributed by atoms with van der Waals surface area (Å²) >= 11 is 1.64. The Morgan fingerprint density at radius 2 is 1.84 bits per heavy atom. The highest BCUT2D eigenvalue weighted by Crippen LogP contribution is 2.29. The van der Waals surface area contributed by atoms with Gasteiger partial charge in [-0.15, -0.1) is 0 Å². The van der Waals surface area contributed by atoms with Crippen molar-refractivity contribution in [2.75, 3.05) is 32.5 Å². The first-order chi connectivity index (χ1) is 15.3. The van der Waals surface area contributed by atoms with Crippen LogP contribution in [0.2, 0.25) is 0 Å². The van der Waals surface area contributed by atoms with Crippen molar-refractivity contribution in [3.63, 3.8) is 0 Å². The van der Waals surface area contributed by atoms with E-state index in [-0.39, 0.29) is 5.56 Å². The zero-order valence-corrected chi connectivity index (χ0v) is 18.5. The van der Waals surface area contributed by atoms with Gasteiger partial charge in [0.15, 0.2) is 5.16 Å². The Labute approximate surface area is 185 Å². The van der Waals surface area contributed by atoms with Crippen LogP contribution in [-0.2, 0) is 0 Å². The SMILES string of the molecule is COc1ccccc1-n1c(SCCN2CCCCC2)nc2c([nH]c3ccccc32)c1=O. The fraction of sp³-hybridized carbons (Fsp3) is 0.333. The standard InChI is InChI=1S/C24H26N4O2S/c1-30-20-12-6-5-11-19(20)28-23(29)22-21(17-9-3-4-10-18(17)25-22)26-24(28)31-16-15-27-13-7-2-8-14-27/h3-6,9-12,25H,2,7-8,13-16H2,1H3. The predicted molar refractivity (Wildman–Crippen MR) is 127 cm³/mol. The average molecular weight is 435 g/mol. The van der Waals surface area contributed by atoms with Crippen molar-refractivity contribution in [3.8, 4) is 11.4 Å². The minimum absolute atomic E-state index is 0.105. The minimum Gasteiger partial charge on any atom is -0.495 e. The van der Waals surface area contributed by atoms with Gasteiger partial charge in [0.25, 0.3) is 5.56 Å². The smallest absolute Gasteiger partial charge is 0.283 e. The number of aromatic nitrogens is 3. The Bertz CT molecular complexity index is 1270. The van der Waals surface area contributed by atoms with Gasteiger partial charge in [-0.3, -0.25) is 4.79 Å². The Morgan fingerprint density at radius 3 is 2.68 bits per heavy atom. The first-order valence-electron chi connectivity index (χ1n) is 10.8. The van der Waals surface area contributed by atoms with Crippen LogP contribution in [0.3, 0.4) is 0 Å². The molecular weight excluding hydrogens is 408 g/mol. The van der Waals surface area contributed by atoms with Crippen LogP contribution in [0, 0.1) is 0 Å². The molecular formula is C24H26N4O2S. The second-order valence-electron chi connectivity index (χ2n) is 7.85. The van der Waals surface area contributed by atoms with Crippen LogP contribution in [0.1, 0.15) is 19.3 Å². The summed E-state index contributed by atoms with van der Waals surface area (Å²) in [5.74, 6) is 1.54. The second-order valence-corrected chi connectivity index (χ2v) is 8.91. The fourth-order valence-electron chi connectivity index (χ4n) is 4.32. The number of hydrogen-bond donors (Lipinski definition) is 1. The molecule has 1 N–H and O–H groups in total. The number of aromatic amines is 1. The molecule has 0 spiro atoms. The molecule has 3 heterocycles.